The van der Waals surface area contributed by atoms with Crippen molar-refractivity contribution in [3.8, 4) is 0 Å². The van der Waals surface area contributed by atoms with Crippen molar-refractivity contribution in [2.45, 2.75) is 6.54 Å². The number of carbonyl (C=O) groups is 2. The molecule has 23 heavy (non-hydrogen) atoms. The minimum Gasteiger partial charge on any atom is -0.510 e. The number of amidine groups is 1. The molecule has 2 aliphatic rings. The van der Waals surface area contributed by atoms with E-state index in [2.05, 4.69) is 31.2 Å². The zero-order valence-corrected chi connectivity index (χ0v) is 13.4. The molecule has 7 heteroatoms. The maximum Gasteiger partial charge on any atom is 0.287 e. The summed E-state index contributed by atoms with van der Waals surface area (Å²) >= 11 is 3.35. The summed E-state index contributed by atoms with van der Waals surface area (Å²) in [6, 6.07) is 7.41. The predicted molar refractivity (Wildman–Crippen MR) is 89.2 cm³/mol. The van der Waals surface area contributed by atoms with Crippen LogP contribution in [0.15, 0.2) is 62.2 Å². The quantitative estimate of drug-likeness (QED) is 0.794. The number of rotatable bonds is 3. The van der Waals surface area contributed by atoms with E-state index >= 15 is 0 Å². The second-order valence-electron chi connectivity index (χ2n) is 4.99. The van der Waals surface area contributed by atoms with Crippen molar-refractivity contribution in [3.05, 3.63) is 57.8 Å². The van der Waals surface area contributed by atoms with E-state index in [-0.39, 0.29) is 23.7 Å². The van der Waals surface area contributed by atoms with Gasteiger partial charge in [-0.2, -0.15) is 4.99 Å². The maximum atomic E-state index is 12.3. The Bertz CT molecular complexity index is 809. The smallest absolute Gasteiger partial charge is 0.287 e. The van der Waals surface area contributed by atoms with Crippen LogP contribution in [0, 0.1) is 5.92 Å². The van der Waals surface area contributed by atoms with Crippen LogP contribution in [-0.4, -0.2) is 29.0 Å². The third kappa shape index (κ3) is 3.14. The van der Waals surface area contributed by atoms with E-state index in [9.17, 15) is 14.7 Å². The number of hydrogen-bond donors (Lipinski definition) is 2. The molecule has 2 amide bonds. The Morgan fingerprint density at radius 2 is 2.22 bits per heavy atom. The van der Waals surface area contributed by atoms with Crippen LogP contribution in [0.3, 0.4) is 0 Å². The maximum absolute atomic E-state index is 12.3. The Hall–Kier alpha value is -2.54. The number of dihydropyridines is 2. The average molecular weight is 374 g/mol. The van der Waals surface area contributed by atoms with Gasteiger partial charge in [0.25, 0.3) is 11.8 Å². The molecule has 3 rings (SSSR count). The Morgan fingerprint density at radius 1 is 1.39 bits per heavy atom. The van der Waals surface area contributed by atoms with Gasteiger partial charge in [-0.15, -0.1) is 0 Å². The van der Waals surface area contributed by atoms with E-state index in [1.165, 1.54) is 6.21 Å². The number of nitrogens with one attached hydrogen (secondary N) is 1. The first kappa shape index (κ1) is 15.4. The number of aliphatic hydroxyl groups is 1. The van der Waals surface area contributed by atoms with E-state index in [0.29, 0.717) is 0 Å². The fourth-order valence-corrected chi connectivity index (χ4v) is 2.76. The average Bonchev–Trinajstić information content (AvgIpc) is 2.53. The molecule has 1 unspecified atom stereocenters. The third-order valence-corrected chi connectivity index (χ3v) is 3.92. The molecular formula is C16H12BrN3O3. The lowest BCUT2D eigenvalue weighted by molar-refractivity contribution is -0.122. The highest BCUT2D eigenvalue weighted by molar-refractivity contribution is 9.10. The predicted octanol–water partition coefficient (Wildman–Crippen LogP) is 2.07. The SMILES string of the molecule is O=C1N=C2N=CC=CC2C(O)=C1C(=O)NCc1cccc(Br)c1. The number of benzene rings is 1. The standard InChI is InChI=1S/C16H12BrN3O3/c17-10-4-1-3-9(7-10)8-19-15(22)12-13(21)11-5-2-6-18-14(11)20-16(12)23/h1-7,11,21H,8H2,(H,19,22). The lowest BCUT2D eigenvalue weighted by Gasteiger charge is -2.20. The second kappa shape index (κ2) is 6.29. The Morgan fingerprint density at radius 3 is 3.00 bits per heavy atom. The molecule has 0 radical (unpaired) electrons. The van der Waals surface area contributed by atoms with Gasteiger partial charge in [-0.05, 0) is 23.8 Å². The monoisotopic (exact) mass is 373 g/mol. The molecule has 0 fully saturated rings. The van der Waals surface area contributed by atoms with Crippen LogP contribution in [0.5, 0.6) is 0 Å². The molecule has 0 aliphatic carbocycles. The van der Waals surface area contributed by atoms with Crippen molar-refractivity contribution < 1.29 is 14.7 Å². The van der Waals surface area contributed by atoms with Crippen molar-refractivity contribution in [2.24, 2.45) is 15.9 Å². The van der Waals surface area contributed by atoms with Gasteiger partial charge in [0.15, 0.2) is 0 Å². The summed E-state index contributed by atoms with van der Waals surface area (Å²) < 4.78 is 0.888. The Labute approximate surface area is 140 Å². The van der Waals surface area contributed by atoms with Gasteiger partial charge in [0.2, 0.25) is 0 Å². The van der Waals surface area contributed by atoms with Crippen LogP contribution in [0.4, 0.5) is 0 Å². The molecule has 0 bridgehead atoms. The highest BCUT2D eigenvalue weighted by Gasteiger charge is 2.34. The Kier molecular flexibility index (Phi) is 4.20. The number of allylic oxidation sites excluding steroid dienone is 1. The number of amides is 2. The van der Waals surface area contributed by atoms with Gasteiger partial charge in [-0.25, -0.2) is 4.99 Å². The topological polar surface area (TPSA) is 91.1 Å². The first-order valence-corrected chi connectivity index (χ1v) is 7.65. The highest BCUT2D eigenvalue weighted by atomic mass is 79.9. The normalized spacial score (nSPS) is 19.4. The summed E-state index contributed by atoms with van der Waals surface area (Å²) in [5.74, 6) is -2.21. The molecule has 1 atom stereocenters. The number of halogens is 1. The van der Waals surface area contributed by atoms with E-state index in [1.807, 2.05) is 24.3 Å². The van der Waals surface area contributed by atoms with Crippen LogP contribution in [0.2, 0.25) is 0 Å². The molecule has 0 saturated heterocycles. The third-order valence-electron chi connectivity index (χ3n) is 3.42. The summed E-state index contributed by atoms with van der Waals surface area (Å²) in [4.78, 5) is 32.0. The largest absolute Gasteiger partial charge is 0.510 e. The van der Waals surface area contributed by atoms with Gasteiger partial charge in [-0.1, -0.05) is 34.1 Å². The van der Waals surface area contributed by atoms with Crippen molar-refractivity contribution in [1.82, 2.24) is 5.32 Å². The summed E-state index contributed by atoms with van der Waals surface area (Å²) in [5.41, 5.74) is 0.526. The van der Waals surface area contributed by atoms with Crippen LogP contribution in [0.25, 0.3) is 0 Å². The highest BCUT2D eigenvalue weighted by Crippen LogP contribution is 2.25. The van der Waals surface area contributed by atoms with Gasteiger partial charge in [-0.3, -0.25) is 9.59 Å². The van der Waals surface area contributed by atoms with Crippen molar-refractivity contribution in [3.63, 3.8) is 0 Å². The van der Waals surface area contributed by atoms with Gasteiger partial charge in [0.05, 0.1) is 5.92 Å². The molecule has 0 aromatic heterocycles. The zero-order chi connectivity index (χ0) is 16.4. The minimum atomic E-state index is -0.784. The number of aliphatic imine (C=N–C) groups is 2. The molecular weight excluding hydrogens is 362 g/mol. The molecule has 1 aromatic rings. The van der Waals surface area contributed by atoms with Crippen molar-refractivity contribution >= 4 is 39.8 Å². The van der Waals surface area contributed by atoms with Gasteiger partial charge in [0, 0.05) is 17.2 Å². The van der Waals surface area contributed by atoms with Crippen LogP contribution < -0.4 is 5.32 Å². The number of carbonyl (C=O) groups excluding carboxylic acids is 2. The Balaban J connectivity index is 1.77. The van der Waals surface area contributed by atoms with Crippen LogP contribution >= 0.6 is 15.9 Å². The molecule has 2 N–H and O–H groups in total. The zero-order valence-electron chi connectivity index (χ0n) is 11.9. The van der Waals surface area contributed by atoms with Gasteiger partial charge < -0.3 is 10.4 Å². The van der Waals surface area contributed by atoms with E-state index in [0.717, 1.165) is 10.0 Å². The minimum absolute atomic E-state index is 0.193. The van der Waals surface area contributed by atoms with Gasteiger partial charge in [0.1, 0.15) is 17.2 Å². The molecule has 1 aromatic carbocycles. The fourth-order valence-electron chi connectivity index (χ4n) is 2.31. The molecule has 116 valence electrons. The lowest BCUT2D eigenvalue weighted by Crippen LogP contribution is -2.34. The number of aliphatic hydroxyl groups excluding tert-OH is 1. The first-order chi connectivity index (χ1) is 11.1. The molecule has 0 saturated carbocycles. The number of nitrogens with zero attached hydrogens (tertiary/aromatic N) is 2. The summed E-state index contributed by atoms with van der Waals surface area (Å²) in [6.45, 7) is 0.234. The second-order valence-corrected chi connectivity index (χ2v) is 5.90. The van der Waals surface area contributed by atoms with Crippen molar-refractivity contribution in [1.29, 1.82) is 0 Å². The van der Waals surface area contributed by atoms with Gasteiger partial charge >= 0.3 is 0 Å². The molecule has 2 heterocycles. The fraction of sp³-hybridized carbons (Fsp3) is 0.125. The van der Waals surface area contributed by atoms with Crippen molar-refractivity contribution in [2.75, 3.05) is 0 Å². The number of fused-ring (bicyclic) bond motifs is 1. The molecule has 6 nitrogen and oxygen atoms in total. The van der Waals surface area contributed by atoms with E-state index in [1.54, 1.807) is 12.2 Å². The number of hydrogen-bond acceptors (Lipinski definition) is 4. The molecule has 2 aliphatic heterocycles. The van der Waals surface area contributed by atoms with E-state index in [4.69, 9.17) is 0 Å². The van der Waals surface area contributed by atoms with E-state index < -0.39 is 17.7 Å². The van der Waals surface area contributed by atoms with Crippen LogP contribution in [-0.2, 0) is 16.1 Å². The van der Waals surface area contributed by atoms with Crippen LogP contribution in [0.1, 0.15) is 5.56 Å². The first-order valence-electron chi connectivity index (χ1n) is 6.86. The lowest BCUT2D eigenvalue weighted by atomic mass is 9.96. The molecule has 0 spiro atoms. The summed E-state index contributed by atoms with van der Waals surface area (Å²) in [6.07, 6.45) is 4.75. The summed E-state index contributed by atoms with van der Waals surface area (Å²) in [5, 5.41) is 12.9. The summed E-state index contributed by atoms with van der Waals surface area (Å²) in [7, 11) is 0.